The number of aromatic nitrogens is 4. The number of ether oxygens (including phenoxy) is 1. The molecule has 1 amide bonds. The lowest BCUT2D eigenvalue weighted by Crippen LogP contribution is -2.24. The average Bonchev–Trinajstić information content (AvgIpc) is 3.46. The Hall–Kier alpha value is -3.31. The van der Waals surface area contributed by atoms with Gasteiger partial charge in [-0.1, -0.05) is 11.8 Å². The molecule has 2 atom stereocenters. The molecule has 10 nitrogen and oxygen atoms in total. The smallest absolute Gasteiger partial charge is 0.269 e. The van der Waals surface area contributed by atoms with E-state index in [2.05, 4.69) is 20.5 Å². The minimum atomic E-state index is -0.475. The van der Waals surface area contributed by atoms with Crippen LogP contribution in [0, 0.1) is 17.0 Å². The number of aryl methyl sites for hydroxylation is 1. The van der Waals surface area contributed by atoms with Crippen LogP contribution in [0.3, 0.4) is 0 Å². The lowest BCUT2D eigenvalue weighted by Gasteiger charge is -2.17. The first kappa shape index (κ1) is 22.9. The van der Waals surface area contributed by atoms with Crippen molar-refractivity contribution in [2.24, 2.45) is 0 Å². The molecule has 1 saturated heterocycles. The number of nitro groups is 1. The highest BCUT2D eigenvalue weighted by Gasteiger charge is 2.25. The van der Waals surface area contributed by atoms with Gasteiger partial charge in [-0.3, -0.25) is 24.5 Å². The molecule has 0 unspecified atom stereocenters. The second-order valence-corrected chi connectivity index (χ2v) is 9.10. The number of thioether (sulfide) groups is 1. The summed E-state index contributed by atoms with van der Waals surface area (Å²) >= 11 is 1.31. The second kappa shape index (κ2) is 10.1. The molecular formula is C22H24N6O4S. The lowest BCUT2D eigenvalue weighted by atomic mass is 10.2. The number of non-ortho nitro benzene ring substituents is 1. The van der Waals surface area contributed by atoms with E-state index in [1.165, 1.54) is 23.9 Å². The largest absolute Gasteiger partial charge is 0.376 e. The first-order valence-electron chi connectivity index (χ1n) is 10.6. The van der Waals surface area contributed by atoms with E-state index in [1.54, 1.807) is 32.3 Å². The number of anilines is 1. The molecule has 0 aliphatic carbocycles. The number of carbonyl (C=O) groups excluding carboxylic acids is 1. The molecule has 3 aromatic rings. The predicted molar refractivity (Wildman–Crippen MR) is 124 cm³/mol. The number of pyridine rings is 1. The zero-order valence-electron chi connectivity index (χ0n) is 18.3. The third-order valence-electron chi connectivity index (χ3n) is 5.40. The first-order chi connectivity index (χ1) is 15.9. The SMILES string of the molecule is Cc1cc([N+](=O)[O-])ccc1NC(=O)[C@H](C)Sc1nnc(-c2ccncc2)n1C[C@@H]1CCCO1. The number of benzene rings is 1. The van der Waals surface area contributed by atoms with Crippen molar-refractivity contribution >= 4 is 29.0 Å². The van der Waals surface area contributed by atoms with Crippen LogP contribution in [0.15, 0.2) is 47.9 Å². The van der Waals surface area contributed by atoms with Crippen molar-refractivity contribution in [1.29, 1.82) is 0 Å². The predicted octanol–water partition coefficient (Wildman–Crippen LogP) is 3.86. The van der Waals surface area contributed by atoms with Crippen LogP contribution in [0.5, 0.6) is 0 Å². The van der Waals surface area contributed by atoms with Crippen molar-refractivity contribution in [2.75, 3.05) is 11.9 Å². The topological polar surface area (TPSA) is 125 Å². The van der Waals surface area contributed by atoms with Crippen molar-refractivity contribution in [3.63, 3.8) is 0 Å². The summed E-state index contributed by atoms with van der Waals surface area (Å²) in [6, 6.07) is 8.10. The van der Waals surface area contributed by atoms with Gasteiger partial charge in [0.2, 0.25) is 5.91 Å². The number of nitrogens with zero attached hydrogens (tertiary/aromatic N) is 5. The van der Waals surface area contributed by atoms with Crippen LogP contribution in [-0.2, 0) is 16.1 Å². The molecule has 1 N–H and O–H groups in total. The highest BCUT2D eigenvalue weighted by Crippen LogP contribution is 2.29. The number of rotatable bonds is 8. The van der Waals surface area contributed by atoms with Gasteiger partial charge in [0.25, 0.3) is 5.69 Å². The highest BCUT2D eigenvalue weighted by atomic mass is 32.2. The molecule has 172 valence electrons. The third kappa shape index (κ3) is 5.37. The molecule has 0 radical (unpaired) electrons. The second-order valence-electron chi connectivity index (χ2n) is 7.79. The van der Waals surface area contributed by atoms with Gasteiger partial charge in [-0.2, -0.15) is 0 Å². The molecule has 33 heavy (non-hydrogen) atoms. The quantitative estimate of drug-likeness (QED) is 0.300. The summed E-state index contributed by atoms with van der Waals surface area (Å²) in [6.07, 6.45) is 5.47. The number of amides is 1. The molecule has 1 aliphatic heterocycles. The molecule has 1 aliphatic rings. The minimum absolute atomic E-state index is 0.0150. The molecule has 0 bridgehead atoms. The van der Waals surface area contributed by atoms with Crippen LogP contribution in [0.1, 0.15) is 25.3 Å². The van der Waals surface area contributed by atoms with Gasteiger partial charge in [0.05, 0.1) is 22.8 Å². The number of hydrogen-bond donors (Lipinski definition) is 1. The zero-order chi connectivity index (χ0) is 23.4. The first-order valence-corrected chi connectivity index (χ1v) is 11.5. The summed E-state index contributed by atoms with van der Waals surface area (Å²) in [4.78, 5) is 27.4. The average molecular weight is 469 g/mol. The summed E-state index contributed by atoms with van der Waals surface area (Å²) in [6.45, 7) is 4.85. The van der Waals surface area contributed by atoms with Crippen molar-refractivity contribution in [3.05, 3.63) is 58.4 Å². The minimum Gasteiger partial charge on any atom is -0.376 e. The molecule has 1 aromatic carbocycles. The van der Waals surface area contributed by atoms with Gasteiger partial charge in [-0.15, -0.1) is 10.2 Å². The Kier molecular flexibility index (Phi) is 6.99. The highest BCUT2D eigenvalue weighted by molar-refractivity contribution is 8.00. The Bertz CT molecular complexity index is 1150. The van der Waals surface area contributed by atoms with Gasteiger partial charge >= 0.3 is 0 Å². The van der Waals surface area contributed by atoms with E-state index in [-0.39, 0.29) is 17.7 Å². The van der Waals surface area contributed by atoms with Gasteiger partial charge in [0.15, 0.2) is 11.0 Å². The summed E-state index contributed by atoms with van der Waals surface area (Å²) in [5, 5.41) is 22.7. The maximum atomic E-state index is 12.9. The van der Waals surface area contributed by atoms with Crippen LogP contribution >= 0.6 is 11.8 Å². The van der Waals surface area contributed by atoms with Gasteiger partial charge in [0.1, 0.15) is 0 Å². The van der Waals surface area contributed by atoms with E-state index < -0.39 is 10.2 Å². The van der Waals surface area contributed by atoms with Crippen molar-refractivity contribution in [1.82, 2.24) is 19.7 Å². The summed E-state index contributed by atoms with van der Waals surface area (Å²) in [5.74, 6) is 0.475. The van der Waals surface area contributed by atoms with Gasteiger partial charge < -0.3 is 10.1 Å². The van der Waals surface area contributed by atoms with E-state index >= 15 is 0 Å². The number of carbonyl (C=O) groups is 1. The zero-order valence-corrected chi connectivity index (χ0v) is 19.1. The Labute approximate surface area is 194 Å². The van der Waals surface area contributed by atoms with Crippen molar-refractivity contribution < 1.29 is 14.5 Å². The van der Waals surface area contributed by atoms with E-state index in [0.29, 0.717) is 28.8 Å². The molecule has 0 saturated carbocycles. The number of nitro benzene ring substituents is 1. The monoisotopic (exact) mass is 468 g/mol. The summed E-state index contributed by atoms with van der Waals surface area (Å²) < 4.78 is 7.81. The van der Waals surface area contributed by atoms with Crippen molar-refractivity contribution in [2.45, 2.75) is 49.7 Å². The maximum Gasteiger partial charge on any atom is 0.269 e. The normalized spacial score (nSPS) is 16.5. The van der Waals surface area contributed by atoms with Crippen LogP contribution in [0.25, 0.3) is 11.4 Å². The molecule has 0 spiro atoms. The van der Waals surface area contributed by atoms with E-state index in [4.69, 9.17) is 4.74 Å². The van der Waals surface area contributed by atoms with Crippen LogP contribution in [0.2, 0.25) is 0 Å². The fourth-order valence-corrected chi connectivity index (χ4v) is 4.45. The third-order valence-corrected chi connectivity index (χ3v) is 6.48. The van der Waals surface area contributed by atoms with Gasteiger partial charge in [-0.05, 0) is 50.5 Å². The molecule has 11 heteroatoms. The van der Waals surface area contributed by atoms with E-state index in [0.717, 1.165) is 25.0 Å². The van der Waals surface area contributed by atoms with Crippen LogP contribution in [0.4, 0.5) is 11.4 Å². The summed E-state index contributed by atoms with van der Waals surface area (Å²) in [7, 11) is 0. The van der Waals surface area contributed by atoms with Crippen molar-refractivity contribution in [3.8, 4) is 11.4 Å². The molecule has 1 fully saturated rings. The molecule has 2 aromatic heterocycles. The molecule has 3 heterocycles. The van der Waals surface area contributed by atoms with Gasteiger partial charge in [-0.25, -0.2) is 0 Å². The standard InChI is InChI=1S/C22H24N6O4S/c1-14-12-17(28(30)31)5-6-19(14)24-21(29)15(2)33-22-26-25-20(16-7-9-23-10-8-16)27(22)13-18-4-3-11-32-18/h5-10,12,15,18H,3-4,11,13H2,1-2H3,(H,24,29)/t15-,18-/m0/s1. The van der Waals surface area contributed by atoms with Crippen LogP contribution in [-0.4, -0.2) is 48.5 Å². The van der Waals surface area contributed by atoms with E-state index in [9.17, 15) is 14.9 Å². The Morgan fingerprint density at radius 2 is 2.12 bits per heavy atom. The van der Waals surface area contributed by atoms with Crippen LogP contribution < -0.4 is 5.32 Å². The molecule has 4 rings (SSSR count). The molecular weight excluding hydrogens is 444 g/mol. The number of hydrogen-bond acceptors (Lipinski definition) is 8. The fraction of sp³-hybridized carbons (Fsp3) is 0.364. The fourth-order valence-electron chi connectivity index (χ4n) is 3.59. The van der Waals surface area contributed by atoms with E-state index in [1.807, 2.05) is 16.7 Å². The Morgan fingerprint density at radius 3 is 2.79 bits per heavy atom. The Morgan fingerprint density at radius 1 is 1.33 bits per heavy atom. The van der Waals surface area contributed by atoms with Gasteiger partial charge in [0, 0.05) is 42.4 Å². The Balaban J connectivity index is 1.52. The lowest BCUT2D eigenvalue weighted by molar-refractivity contribution is -0.384. The maximum absolute atomic E-state index is 12.9. The summed E-state index contributed by atoms with van der Waals surface area (Å²) in [5.41, 5.74) is 2.03. The number of nitrogens with one attached hydrogen (secondary N) is 1.